The number of nitrogens with one attached hydrogen (secondary N) is 2. The summed E-state index contributed by atoms with van der Waals surface area (Å²) >= 11 is 0. The Labute approximate surface area is 131 Å². The lowest BCUT2D eigenvalue weighted by Gasteiger charge is -2.30. The Hall–Kier alpha value is -1.54. The highest BCUT2D eigenvalue weighted by Crippen LogP contribution is 2.13. The molecule has 1 atom stereocenters. The highest BCUT2D eigenvalue weighted by atomic mass is 32.2. The van der Waals surface area contributed by atoms with Crippen LogP contribution in [0, 0.1) is 0 Å². The minimum atomic E-state index is -3.13. The van der Waals surface area contributed by atoms with Gasteiger partial charge >= 0.3 is 6.03 Å². The number of sulfonamides is 1. The molecule has 0 saturated carbocycles. The van der Waals surface area contributed by atoms with Gasteiger partial charge in [0.2, 0.25) is 10.0 Å². The van der Waals surface area contributed by atoms with Crippen LogP contribution in [0.25, 0.3) is 0 Å². The van der Waals surface area contributed by atoms with Crippen LogP contribution < -0.4 is 10.6 Å². The number of piperidine rings is 1. The van der Waals surface area contributed by atoms with Crippen molar-refractivity contribution in [1.82, 2.24) is 14.9 Å². The van der Waals surface area contributed by atoms with Crippen LogP contribution in [0.2, 0.25) is 0 Å². The molecule has 124 valence electrons. The number of nitrogens with zero attached hydrogens (tertiary/aromatic N) is 1. The summed E-state index contributed by atoms with van der Waals surface area (Å²) in [4.78, 5) is 11.9. The Kier molecular flexibility index (Phi) is 5.47. The maximum Gasteiger partial charge on any atom is 0.315 e. The van der Waals surface area contributed by atoms with E-state index in [0.717, 1.165) is 5.76 Å². The van der Waals surface area contributed by atoms with E-state index in [0.29, 0.717) is 32.4 Å². The molecule has 1 aromatic heterocycles. The van der Waals surface area contributed by atoms with Crippen LogP contribution in [-0.4, -0.2) is 50.2 Å². The van der Waals surface area contributed by atoms with Crippen LogP contribution in [0.4, 0.5) is 4.79 Å². The number of carbonyl (C=O) groups excluding carboxylic acids is 1. The zero-order valence-electron chi connectivity index (χ0n) is 12.9. The minimum absolute atomic E-state index is 0.00816. The van der Waals surface area contributed by atoms with E-state index < -0.39 is 10.0 Å². The van der Waals surface area contributed by atoms with Gasteiger partial charge in [0, 0.05) is 31.6 Å². The van der Waals surface area contributed by atoms with Crippen molar-refractivity contribution in [3.8, 4) is 0 Å². The first-order valence-electron chi connectivity index (χ1n) is 7.39. The van der Waals surface area contributed by atoms with Crippen LogP contribution in [-0.2, 0) is 16.4 Å². The third kappa shape index (κ3) is 5.03. The molecule has 0 bridgehead atoms. The summed E-state index contributed by atoms with van der Waals surface area (Å²) in [6.07, 6.45) is 4.72. The van der Waals surface area contributed by atoms with Crippen molar-refractivity contribution in [2.45, 2.75) is 38.3 Å². The van der Waals surface area contributed by atoms with E-state index in [-0.39, 0.29) is 18.1 Å². The second-order valence-corrected chi connectivity index (χ2v) is 7.72. The molecule has 0 spiro atoms. The summed E-state index contributed by atoms with van der Waals surface area (Å²) in [6.45, 7) is 2.81. The standard InChI is InChI=1S/C14H23N3O4S/c1-11(10-13-4-3-9-21-13)15-14(18)16-12-5-7-17(8-6-12)22(2,19)20/h3-4,9,11-12H,5-8,10H2,1-2H3,(H2,15,16,18)/t11-/m1/s1. The average molecular weight is 329 g/mol. The molecule has 8 heteroatoms. The molecule has 2 heterocycles. The number of amides is 2. The number of carbonyl (C=O) groups is 1. The van der Waals surface area contributed by atoms with Crippen molar-refractivity contribution in [2.75, 3.05) is 19.3 Å². The first-order valence-corrected chi connectivity index (χ1v) is 9.24. The van der Waals surface area contributed by atoms with E-state index in [1.807, 2.05) is 19.1 Å². The normalized spacial score (nSPS) is 18.8. The Balaban J connectivity index is 1.72. The number of hydrogen-bond acceptors (Lipinski definition) is 4. The third-order valence-corrected chi connectivity index (χ3v) is 5.03. The largest absolute Gasteiger partial charge is 0.469 e. The second-order valence-electron chi connectivity index (χ2n) is 5.74. The molecular weight excluding hydrogens is 306 g/mol. The van der Waals surface area contributed by atoms with Gasteiger partial charge in [0.05, 0.1) is 12.5 Å². The van der Waals surface area contributed by atoms with Crippen LogP contribution >= 0.6 is 0 Å². The predicted octanol–water partition coefficient (Wildman–Crippen LogP) is 0.934. The van der Waals surface area contributed by atoms with E-state index in [1.54, 1.807) is 6.26 Å². The SMILES string of the molecule is C[C@H](Cc1ccco1)NC(=O)NC1CCN(S(C)(=O)=O)CC1. The van der Waals surface area contributed by atoms with Crippen molar-refractivity contribution < 1.29 is 17.6 Å². The van der Waals surface area contributed by atoms with E-state index >= 15 is 0 Å². The molecule has 22 heavy (non-hydrogen) atoms. The fourth-order valence-corrected chi connectivity index (χ4v) is 3.44. The van der Waals surface area contributed by atoms with Gasteiger partial charge < -0.3 is 15.1 Å². The maximum absolute atomic E-state index is 11.9. The summed E-state index contributed by atoms with van der Waals surface area (Å²) in [5.74, 6) is 0.828. The van der Waals surface area contributed by atoms with Crippen LogP contribution in [0.15, 0.2) is 22.8 Å². The van der Waals surface area contributed by atoms with Gasteiger partial charge in [-0.05, 0) is 31.9 Å². The van der Waals surface area contributed by atoms with Gasteiger partial charge in [0.25, 0.3) is 0 Å². The molecular formula is C14H23N3O4S. The molecule has 1 saturated heterocycles. The summed E-state index contributed by atoms with van der Waals surface area (Å²) in [5.41, 5.74) is 0. The quantitative estimate of drug-likeness (QED) is 0.841. The molecule has 2 amide bonds. The number of hydrogen-bond donors (Lipinski definition) is 2. The molecule has 1 aliphatic rings. The zero-order valence-corrected chi connectivity index (χ0v) is 13.7. The number of rotatable bonds is 5. The highest BCUT2D eigenvalue weighted by molar-refractivity contribution is 7.88. The Morgan fingerprint density at radius 3 is 2.68 bits per heavy atom. The van der Waals surface area contributed by atoms with E-state index in [9.17, 15) is 13.2 Å². The van der Waals surface area contributed by atoms with Crippen molar-refractivity contribution in [3.63, 3.8) is 0 Å². The summed E-state index contributed by atoms with van der Waals surface area (Å²) < 4.78 is 29.6. The smallest absolute Gasteiger partial charge is 0.315 e. The van der Waals surface area contributed by atoms with Gasteiger partial charge in [0.1, 0.15) is 5.76 Å². The Morgan fingerprint density at radius 1 is 1.45 bits per heavy atom. The van der Waals surface area contributed by atoms with Crippen molar-refractivity contribution in [1.29, 1.82) is 0 Å². The molecule has 0 aliphatic carbocycles. The fourth-order valence-electron chi connectivity index (χ4n) is 2.56. The first-order chi connectivity index (χ1) is 10.3. The topological polar surface area (TPSA) is 91.7 Å². The van der Waals surface area contributed by atoms with Gasteiger partial charge in [-0.15, -0.1) is 0 Å². The second kappa shape index (κ2) is 7.15. The fraction of sp³-hybridized carbons (Fsp3) is 0.643. The number of furan rings is 1. The van der Waals surface area contributed by atoms with Gasteiger partial charge in [0.15, 0.2) is 0 Å². The summed E-state index contributed by atoms with van der Waals surface area (Å²) in [6, 6.07) is 3.43. The van der Waals surface area contributed by atoms with Crippen molar-refractivity contribution in [3.05, 3.63) is 24.2 Å². The molecule has 0 radical (unpaired) electrons. The lowest BCUT2D eigenvalue weighted by molar-refractivity contribution is 0.224. The van der Waals surface area contributed by atoms with E-state index in [4.69, 9.17) is 4.42 Å². The van der Waals surface area contributed by atoms with E-state index in [1.165, 1.54) is 10.6 Å². The van der Waals surface area contributed by atoms with Crippen molar-refractivity contribution >= 4 is 16.1 Å². The van der Waals surface area contributed by atoms with Gasteiger partial charge in [-0.2, -0.15) is 0 Å². The first kappa shape index (κ1) is 16.8. The predicted molar refractivity (Wildman–Crippen MR) is 83.0 cm³/mol. The molecule has 7 nitrogen and oxygen atoms in total. The summed E-state index contributed by atoms with van der Waals surface area (Å²) in [7, 11) is -3.13. The minimum Gasteiger partial charge on any atom is -0.469 e. The maximum atomic E-state index is 11.9. The van der Waals surface area contributed by atoms with E-state index in [2.05, 4.69) is 10.6 Å². The Bertz CT molecular complexity index is 577. The van der Waals surface area contributed by atoms with Crippen LogP contribution in [0.5, 0.6) is 0 Å². The average Bonchev–Trinajstić information content (AvgIpc) is 2.90. The van der Waals surface area contributed by atoms with Gasteiger partial charge in [-0.1, -0.05) is 0 Å². The van der Waals surface area contributed by atoms with Crippen LogP contribution in [0.3, 0.4) is 0 Å². The molecule has 0 unspecified atom stereocenters. The molecule has 1 aliphatic heterocycles. The monoisotopic (exact) mass is 329 g/mol. The molecule has 2 N–H and O–H groups in total. The number of urea groups is 1. The lowest BCUT2D eigenvalue weighted by atomic mass is 10.1. The Morgan fingerprint density at radius 2 is 2.14 bits per heavy atom. The van der Waals surface area contributed by atoms with Crippen LogP contribution in [0.1, 0.15) is 25.5 Å². The summed E-state index contributed by atoms with van der Waals surface area (Å²) in [5, 5.41) is 5.76. The third-order valence-electron chi connectivity index (χ3n) is 3.72. The van der Waals surface area contributed by atoms with Gasteiger partial charge in [-0.25, -0.2) is 17.5 Å². The molecule has 0 aromatic carbocycles. The molecule has 2 rings (SSSR count). The molecule has 1 fully saturated rings. The lowest BCUT2D eigenvalue weighted by Crippen LogP contribution is -2.50. The van der Waals surface area contributed by atoms with Crippen molar-refractivity contribution in [2.24, 2.45) is 0 Å². The highest BCUT2D eigenvalue weighted by Gasteiger charge is 2.25. The zero-order chi connectivity index (χ0) is 16.2. The van der Waals surface area contributed by atoms with Gasteiger partial charge in [-0.3, -0.25) is 0 Å². The molecule has 1 aromatic rings.